The van der Waals surface area contributed by atoms with E-state index in [2.05, 4.69) is 0 Å². The van der Waals surface area contributed by atoms with Crippen molar-refractivity contribution in [1.82, 2.24) is 4.90 Å². The maximum Gasteiger partial charge on any atom is 0.338 e. The quantitative estimate of drug-likeness (QED) is 0.466. The zero-order valence-electron chi connectivity index (χ0n) is 16.8. The maximum absolute atomic E-state index is 12.3. The highest BCUT2D eigenvalue weighted by molar-refractivity contribution is 7.14. The zero-order valence-corrected chi connectivity index (χ0v) is 17.7. The standard InChI is InChI=1S/C21H23NO7S/c1-14-3-6-19(30-14)16(23)12-29-21(25)15-4-5-17(18(11-15)26-2)28-13-20(24)22-7-9-27-10-8-22/h3-6,11H,7-10,12-13H2,1-2H3. The molecule has 30 heavy (non-hydrogen) atoms. The van der Waals surface area contributed by atoms with Crippen molar-refractivity contribution in [2.24, 2.45) is 0 Å². The van der Waals surface area contributed by atoms with Crippen LogP contribution in [-0.4, -0.2) is 69.2 Å². The van der Waals surface area contributed by atoms with Gasteiger partial charge < -0.3 is 23.8 Å². The Labute approximate surface area is 178 Å². The van der Waals surface area contributed by atoms with Crippen LogP contribution in [-0.2, 0) is 14.3 Å². The van der Waals surface area contributed by atoms with Crippen molar-refractivity contribution >= 4 is 29.0 Å². The molecule has 9 heteroatoms. The summed E-state index contributed by atoms with van der Waals surface area (Å²) in [5.41, 5.74) is 0.217. The number of hydrogen-bond donors (Lipinski definition) is 0. The van der Waals surface area contributed by atoms with E-state index >= 15 is 0 Å². The van der Waals surface area contributed by atoms with E-state index in [1.165, 1.54) is 36.6 Å². The fourth-order valence-electron chi connectivity index (χ4n) is 2.83. The molecule has 1 aromatic heterocycles. The number of thiophene rings is 1. The van der Waals surface area contributed by atoms with Crippen LogP contribution in [0.1, 0.15) is 24.9 Å². The van der Waals surface area contributed by atoms with E-state index in [-0.39, 0.29) is 30.5 Å². The first-order valence-electron chi connectivity index (χ1n) is 9.41. The Morgan fingerprint density at radius 3 is 2.50 bits per heavy atom. The Hall–Kier alpha value is -2.91. The number of morpholine rings is 1. The predicted molar refractivity (Wildman–Crippen MR) is 110 cm³/mol. The van der Waals surface area contributed by atoms with Gasteiger partial charge in [-0.15, -0.1) is 11.3 Å². The van der Waals surface area contributed by atoms with Gasteiger partial charge in [-0.1, -0.05) is 0 Å². The second kappa shape index (κ2) is 10.2. The smallest absolute Gasteiger partial charge is 0.338 e. The number of ether oxygens (including phenoxy) is 4. The summed E-state index contributed by atoms with van der Waals surface area (Å²) in [5.74, 6) is -0.424. The number of ketones is 1. The van der Waals surface area contributed by atoms with Crippen molar-refractivity contribution in [3.8, 4) is 11.5 Å². The highest BCUT2D eigenvalue weighted by Gasteiger charge is 2.19. The van der Waals surface area contributed by atoms with Crippen molar-refractivity contribution in [1.29, 1.82) is 0 Å². The van der Waals surface area contributed by atoms with Gasteiger partial charge in [0.1, 0.15) is 0 Å². The van der Waals surface area contributed by atoms with Crippen LogP contribution >= 0.6 is 11.3 Å². The van der Waals surface area contributed by atoms with Gasteiger partial charge >= 0.3 is 5.97 Å². The highest BCUT2D eigenvalue weighted by atomic mass is 32.1. The molecule has 2 heterocycles. The van der Waals surface area contributed by atoms with Crippen LogP contribution in [0.15, 0.2) is 30.3 Å². The Balaban J connectivity index is 1.56. The summed E-state index contributed by atoms with van der Waals surface area (Å²) in [6.07, 6.45) is 0. The van der Waals surface area contributed by atoms with E-state index in [9.17, 15) is 14.4 Å². The maximum atomic E-state index is 12.3. The van der Waals surface area contributed by atoms with E-state index in [1.54, 1.807) is 11.0 Å². The van der Waals surface area contributed by atoms with E-state index in [1.807, 2.05) is 13.0 Å². The number of carbonyl (C=O) groups excluding carboxylic acids is 3. The number of esters is 1. The summed E-state index contributed by atoms with van der Waals surface area (Å²) in [5, 5.41) is 0. The largest absolute Gasteiger partial charge is 0.493 e. The molecule has 0 radical (unpaired) electrons. The first kappa shape index (κ1) is 21.8. The summed E-state index contributed by atoms with van der Waals surface area (Å²) in [6.45, 7) is 3.52. The van der Waals surface area contributed by atoms with Crippen LogP contribution < -0.4 is 9.47 Å². The molecule has 1 fully saturated rings. The summed E-state index contributed by atoms with van der Waals surface area (Å²) in [4.78, 5) is 39.8. The lowest BCUT2D eigenvalue weighted by atomic mass is 10.2. The van der Waals surface area contributed by atoms with E-state index in [4.69, 9.17) is 18.9 Å². The molecule has 0 spiro atoms. The summed E-state index contributed by atoms with van der Waals surface area (Å²) < 4.78 is 21.2. The SMILES string of the molecule is COc1cc(C(=O)OCC(=O)c2ccc(C)s2)ccc1OCC(=O)N1CCOCC1. The number of benzene rings is 1. The monoisotopic (exact) mass is 433 g/mol. The number of rotatable bonds is 8. The first-order chi connectivity index (χ1) is 14.5. The molecule has 0 unspecified atom stereocenters. The van der Waals surface area contributed by atoms with Crippen LogP contribution in [0.5, 0.6) is 11.5 Å². The third-order valence-corrected chi connectivity index (χ3v) is 5.51. The zero-order chi connectivity index (χ0) is 21.5. The van der Waals surface area contributed by atoms with Crippen LogP contribution in [0.25, 0.3) is 0 Å². The van der Waals surface area contributed by atoms with E-state index in [0.29, 0.717) is 42.7 Å². The van der Waals surface area contributed by atoms with Gasteiger partial charge in [-0.05, 0) is 37.3 Å². The Bertz CT molecular complexity index is 918. The molecule has 1 amide bonds. The average Bonchev–Trinajstić information content (AvgIpc) is 3.22. The van der Waals surface area contributed by atoms with Crippen LogP contribution in [0.4, 0.5) is 0 Å². The van der Waals surface area contributed by atoms with Crippen molar-refractivity contribution in [3.63, 3.8) is 0 Å². The van der Waals surface area contributed by atoms with Gasteiger partial charge in [0, 0.05) is 18.0 Å². The number of nitrogens with zero attached hydrogens (tertiary/aromatic N) is 1. The molecule has 0 aliphatic carbocycles. The molecule has 8 nitrogen and oxygen atoms in total. The minimum Gasteiger partial charge on any atom is -0.493 e. The number of methoxy groups -OCH3 is 1. The normalized spacial score (nSPS) is 13.6. The summed E-state index contributed by atoms with van der Waals surface area (Å²) in [7, 11) is 1.43. The van der Waals surface area contributed by atoms with Gasteiger partial charge in [-0.2, -0.15) is 0 Å². The van der Waals surface area contributed by atoms with Gasteiger partial charge in [0.15, 0.2) is 24.7 Å². The molecule has 3 rings (SSSR count). The molecule has 1 aliphatic heterocycles. The van der Waals surface area contributed by atoms with E-state index < -0.39 is 5.97 Å². The van der Waals surface area contributed by atoms with Crippen molar-refractivity contribution in [2.75, 3.05) is 46.6 Å². The Kier molecular flexibility index (Phi) is 7.42. The van der Waals surface area contributed by atoms with Gasteiger partial charge in [0.2, 0.25) is 5.78 Å². The molecule has 160 valence electrons. The van der Waals surface area contributed by atoms with Gasteiger partial charge in [-0.25, -0.2) is 4.79 Å². The summed E-state index contributed by atoms with van der Waals surface area (Å²) in [6, 6.07) is 8.04. The van der Waals surface area contributed by atoms with Crippen molar-refractivity contribution < 1.29 is 33.3 Å². The average molecular weight is 433 g/mol. The molecule has 0 bridgehead atoms. The van der Waals surface area contributed by atoms with Gasteiger partial charge in [-0.3, -0.25) is 9.59 Å². The molecule has 0 atom stereocenters. The molecule has 1 saturated heterocycles. The summed E-state index contributed by atoms with van der Waals surface area (Å²) >= 11 is 1.35. The second-order valence-corrected chi connectivity index (χ2v) is 7.84. The number of amides is 1. The fraction of sp³-hybridized carbons (Fsp3) is 0.381. The number of hydrogen-bond acceptors (Lipinski definition) is 8. The van der Waals surface area contributed by atoms with Gasteiger partial charge in [0.25, 0.3) is 5.91 Å². The Morgan fingerprint density at radius 2 is 1.83 bits per heavy atom. The minimum atomic E-state index is -0.647. The molecular formula is C21H23NO7S. The topological polar surface area (TPSA) is 91.4 Å². The van der Waals surface area contributed by atoms with Crippen LogP contribution in [0, 0.1) is 6.92 Å². The fourth-order valence-corrected chi connectivity index (χ4v) is 3.62. The highest BCUT2D eigenvalue weighted by Crippen LogP contribution is 2.28. The van der Waals surface area contributed by atoms with Crippen LogP contribution in [0.3, 0.4) is 0 Å². The second-order valence-electron chi connectivity index (χ2n) is 6.56. The molecular weight excluding hydrogens is 410 g/mol. The van der Waals surface area contributed by atoms with E-state index in [0.717, 1.165) is 4.88 Å². The minimum absolute atomic E-state index is 0.144. The third-order valence-electron chi connectivity index (χ3n) is 4.46. The lowest BCUT2D eigenvalue weighted by Gasteiger charge is -2.26. The third kappa shape index (κ3) is 5.58. The molecule has 1 aromatic carbocycles. The Morgan fingerprint density at radius 1 is 1.07 bits per heavy atom. The lowest BCUT2D eigenvalue weighted by molar-refractivity contribution is -0.137. The first-order valence-corrected chi connectivity index (χ1v) is 10.2. The number of carbonyl (C=O) groups is 3. The van der Waals surface area contributed by atoms with Gasteiger partial charge in [0.05, 0.1) is 30.8 Å². The lowest BCUT2D eigenvalue weighted by Crippen LogP contribution is -2.43. The molecule has 0 N–H and O–H groups in total. The van der Waals surface area contributed by atoms with Crippen molar-refractivity contribution in [2.45, 2.75) is 6.92 Å². The molecule has 1 aliphatic rings. The van der Waals surface area contributed by atoms with Crippen molar-refractivity contribution in [3.05, 3.63) is 45.6 Å². The number of Topliss-reactive ketones (excluding diaryl/α,β-unsaturated/α-hetero) is 1. The number of aryl methyl sites for hydroxylation is 1. The molecule has 0 saturated carbocycles. The molecule has 2 aromatic rings. The van der Waals surface area contributed by atoms with Crippen LogP contribution in [0.2, 0.25) is 0 Å². The predicted octanol–water partition coefficient (Wildman–Crippen LogP) is 2.34.